The van der Waals surface area contributed by atoms with Gasteiger partial charge in [-0.3, -0.25) is 4.79 Å². The normalized spacial score (nSPS) is 20.9. The Balaban J connectivity index is 2.30. The molecule has 1 rings (SSSR count). The number of carbonyl (C=O) groups is 1. The van der Waals surface area contributed by atoms with E-state index in [0.29, 0.717) is 6.04 Å². The van der Waals surface area contributed by atoms with Crippen molar-refractivity contribution in [1.82, 2.24) is 10.2 Å². The molecule has 0 aromatic heterocycles. The summed E-state index contributed by atoms with van der Waals surface area (Å²) in [6.45, 7) is 3.28. The number of rotatable bonds is 3. The van der Waals surface area contributed by atoms with Gasteiger partial charge in [0.25, 0.3) is 0 Å². The monoisotopic (exact) mass is 200 g/mol. The van der Waals surface area contributed by atoms with Crippen LogP contribution in [0.4, 0.5) is 0 Å². The molecule has 0 aliphatic carbocycles. The van der Waals surface area contributed by atoms with Crippen LogP contribution in [0.5, 0.6) is 0 Å². The minimum atomic E-state index is -0.524. The molecule has 1 aliphatic heterocycles. The Morgan fingerprint density at radius 2 is 2.14 bits per heavy atom. The Kier molecular flexibility index (Phi) is 4.35. The van der Waals surface area contributed by atoms with Crippen molar-refractivity contribution in [1.29, 1.82) is 0 Å². The van der Waals surface area contributed by atoms with Crippen LogP contribution in [0.15, 0.2) is 0 Å². The molecule has 0 bridgehead atoms. The highest BCUT2D eigenvalue weighted by Gasteiger charge is 2.22. The first-order chi connectivity index (χ1) is 6.63. The lowest BCUT2D eigenvalue weighted by Gasteiger charge is -2.32. The molecule has 14 heavy (non-hydrogen) atoms. The van der Waals surface area contributed by atoms with Crippen molar-refractivity contribution in [3.63, 3.8) is 0 Å². The number of hydrogen-bond acceptors (Lipinski definition) is 3. The molecule has 1 aliphatic rings. The first kappa shape index (κ1) is 11.5. The number of hydrogen-bond donors (Lipinski definition) is 2. The summed E-state index contributed by atoms with van der Waals surface area (Å²) >= 11 is 0. The smallest absolute Gasteiger partial charge is 0.225 e. The molecule has 2 N–H and O–H groups in total. The van der Waals surface area contributed by atoms with E-state index in [4.69, 9.17) is 5.11 Å². The molecule has 1 atom stereocenters. The summed E-state index contributed by atoms with van der Waals surface area (Å²) in [6.07, 6.45) is 1.76. The molecule has 1 unspecified atom stereocenters. The van der Waals surface area contributed by atoms with Crippen LogP contribution in [0.1, 0.15) is 26.2 Å². The quantitative estimate of drug-likeness (QED) is 0.672. The molecular weight excluding hydrogens is 180 g/mol. The number of nitrogens with one attached hydrogen (secondary N) is 1. The molecular formula is C10H20N2O2. The van der Waals surface area contributed by atoms with Crippen LogP contribution in [-0.2, 0) is 4.79 Å². The Morgan fingerprint density at radius 3 is 2.57 bits per heavy atom. The maximum atomic E-state index is 11.5. The zero-order chi connectivity index (χ0) is 10.6. The Hall–Kier alpha value is -0.610. The van der Waals surface area contributed by atoms with Gasteiger partial charge in [0, 0.05) is 19.1 Å². The van der Waals surface area contributed by atoms with Crippen LogP contribution in [0.25, 0.3) is 0 Å². The van der Waals surface area contributed by atoms with E-state index < -0.39 is 6.10 Å². The van der Waals surface area contributed by atoms with Gasteiger partial charge in [-0.25, -0.2) is 0 Å². The summed E-state index contributed by atoms with van der Waals surface area (Å²) in [5.41, 5.74) is 0. The second-order valence-electron chi connectivity index (χ2n) is 4.00. The van der Waals surface area contributed by atoms with E-state index in [2.05, 4.69) is 5.32 Å². The number of aliphatic hydroxyl groups excluding tert-OH is 1. The van der Waals surface area contributed by atoms with Crippen LogP contribution >= 0.6 is 0 Å². The van der Waals surface area contributed by atoms with E-state index in [-0.39, 0.29) is 12.3 Å². The van der Waals surface area contributed by atoms with Crippen LogP contribution in [0, 0.1) is 0 Å². The molecule has 1 fully saturated rings. The average Bonchev–Trinajstić information content (AvgIpc) is 2.17. The van der Waals surface area contributed by atoms with Gasteiger partial charge in [0.1, 0.15) is 0 Å². The maximum Gasteiger partial charge on any atom is 0.225 e. The van der Waals surface area contributed by atoms with Crippen molar-refractivity contribution >= 4 is 5.91 Å². The number of amides is 1. The number of carbonyl (C=O) groups excluding carboxylic acids is 1. The number of nitrogens with zero attached hydrogens (tertiary/aromatic N) is 1. The molecule has 0 spiro atoms. The summed E-state index contributed by atoms with van der Waals surface area (Å²) in [6, 6.07) is 0.547. The summed E-state index contributed by atoms with van der Waals surface area (Å²) in [5, 5.41) is 12.3. The predicted octanol–water partition coefficient (Wildman–Crippen LogP) is -0.0323. The van der Waals surface area contributed by atoms with Crippen molar-refractivity contribution in [2.45, 2.75) is 38.3 Å². The lowest BCUT2D eigenvalue weighted by molar-refractivity contribution is -0.134. The summed E-state index contributed by atoms with van der Waals surface area (Å²) in [5.74, 6) is 0.0783. The zero-order valence-corrected chi connectivity index (χ0v) is 8.99. The van der Waals surface area contributed by atoms with Gasteiger partial charge in [-0.1, -0.05) is 0 Å². The molecule has 0 saturated carbocycles. The molecule has 4 nitrogen and oxygen atoms in total. The minimum absolute atomic E-state index is 0.0783. The minimum Gasteiger partial charge on any atom is -0.393 e. The lowest BCUT2D eigenvalue weighted by Crippen LogP contribution is -2.44. The topological polar surface area (TPSA) is 52.6 Å². The molecule has 4 heteroatoms. The van der Waals surface area contributed by atoms with Crippen LogP contribution in [0.2, 0.25) is 0 Å². The first-order valence-corrected chi connectivity index (χ1v) is 5.26. The second-order valence-corrected chi connectivity index (χ2v) is 4.00. The van der Waals surface area contributed by atoms with Gasteiger partial charge in [0.15, 0.2) is 0 Å². The highest BCUT2D eigenvalue weighted by Crippen LogP contribution is 2.11. The van der Waals surface area contributed by atoms with E-state index in [9.17, 15) is 4.79 Å². The van der Waals surface area contributed by atoms with Gasteiger partial charge in [-0.15, -0.1) is 0 Å². The lowest BCUT2D eigenvalue weighted by atomic mass is 10.0. The van der Waals surface area contributed by atoms with Crippen molar-refractivity contribution in [2.75, 3.05) is 20.1 Å². The predicted molar refractivity (Wildman–Crippen MR) is 55.0 cm³/mol. The van der Waals surface area contributed by atoms with Crippen molar-refractivity contribution < 1.29 is 9.90 Å². The van der Waals surface area contributed by atoms with Crippen molar-refractivity contribution in [3.05, 3.63) is 0 Å². The van der Waals surface area contributed by atoms with Gasteiger partial charge in [0.05, 0.1) is 12.5 Å². The van der Waals surface area contributed by atoms with E-state index in [1.807, 2.05) is 11.9 Å². The van der Waals surface area contributed by atoms with E-state index in [1.54, 1.807) is 6.92 Å². The fourth-order valence-electron chi connectivity index (χ4n) is 1.80. The fourth-order valence-corrected chi connectivity index (χ4v) is 1.80. The van der Waals surface area contributed by atoms with Crippen LogP contribution in [-0.4, -0.2) is 48.2 Å². The highest BCUT2D eigenvalue weighted by molar-refractivity contribution is 5.76. The Morgan fingerprint density at radius 1 is 1.57 bits per heavy atom. The van der Waals surface area contributed by atoms with Gasteiger partial charge in [0.2, 0.25) is 5.91 Å². The second kappa shape index (κ2) is 5.32. The molecule has 0 aromatic carbocycles. The number of likely N-dealkylation sites (tertiary alicyclic amines) is 1. The summed E-state index contributed by atoms with van der Waals surface area (Å²) < 4.78 is 0. The molecule has 1 heterocycles. The average molecular weight is 200 g/mol. The molecule has 1 saturated heterocycles. The van der Waals surface area contributed by atoms with Crippen molar-refractivity contribution in [2.24, 2.45) is 0 Å². The standard InChI is InChI=1S/C10H20N2O2/c1-8(13)7-10(14)12-5-3-9(11-2)4-6-12/h8-9,11,13H,3-7H2,1-2H3. The Labute approximate surface area is 85.3 Å². The largest absolute Gasteiger partial charge is 0.393 e. The fraction of sp³-hybridized carbons (Fsp3) is 0.900. The third kappa shape index (κ3) is 3.27. The summed E-state index contributed by atoms with van der Waals surface area (Å²) in [7, 11) is 1.96. The number of aliphatic hydroxyl groups is 1. The molecule has 82 valence electrons. The molecule has 0 aromatic rings. The van der Waals surface area contributed by atoms with Gasteiger partial charge < -0.3 is 15.3 Å². The van der Waals surface area contributed by atoms with Crippen LogP contribution < -0.4 is 5.32 Å². The van der Waals surface area contributed by atoms with E-state index >= 15 is 0 Å². The van der Waals surface area contributed by atoms with E-state index in [0.717, 1.165) is 25.9 Å². The molecule has 0 radical (unpaired) electrons. The van der Waals surface area contributed by atoms with Gasteiger partial charge in [-0.2, -0.15) is 0 Å². The highest BCUT2D eigenvalue weighted by atomic mass is 16.3. The van der Waals surface area contributed by atoms with Gasteiger partial charge >= 0.3 is 0 Å². The summed E-state index contributed by atoms with van der Waals surface area (Å²) in [4.78, 5) is 13.4. The number of piperidine rings is 1. The first-order valence-electron chi connectivity index (χ1n) is 5.26. The zero-order valence-electron chi connectivity index (χ0n) is 8.99. The van der Waals surface area contributed by atoms with Gasteiger partial charge in [-0.05, 0) is 26.8 Å². The third-order valence-corrected chi connectivity index (χ3v) is 2.73. The SMILES string of the molecule is CNC1CCN(C(=O)CC(C)O)CC1. The van der Waals surface area contributed by atoms with E-state index in [1.165, 1.54) is 0 Å². The third-order valence-electron chi connectivity index (χ3n) is 2.73. The van der Waals surface area contributed by atoms with Crippen molar-refractivity contribution in [3.8, 4) is 0 Å². The molecule has 1 amide bonds. The maximum absolute atomic E-state index is 11.5. The van der Waals surface area contributed by atoms with Crippen LogP contribution in [0.3, 0.4) is 0 Å². The Bertz CT molecular complexity index is 187.